The van der Waals surface area contributed by atoms with Crippen LogP contribution in [0.25, 0.3) is 0 Å². The van der Waals surface area contributed by atoms with E-state index >= 15 is 0 Å². The molecule has 2 aliphatic rings. The highest BCUT2D eigenvalue weighted by atomic mass is 16.5. The fourth-order valence-corrected chi connectivity index (χ4v) is 4.95. The van der Waals surface area contributed by atoms with Gasteiger partial charge in [-0.3, -0.25) is 0 Å². The molecule has 2 rings (SSSR count). The van der Waals surface area contributed by atoms with Gasteiger partial charge in [0.25, 0.3) is 0 Å². The first-order valence-corrected chi connectivity index (χ1v) is 11.1. The normalized spacial score (nSPS) is 30.5. The summed E-state index contributed by atoms with van der Waals surface area (Å²) in [6.45, 7) is 5.06. The van der Waals surface area contributed by atoms with Crippen LogP contribution in [0, 0.1) is 23.7 Å². The van der Waals surface area contributed by atoms with Gasteiger partial charge in [-0.25, -0.2) is 4.79 Å². The standard InChI is InChI=1S/C23H40O2/c1-3-5-6-18-25-23(24)17-12-20-10-15-22(16-11-20)21-13-8-19(7-4-2)9-14-21/h12,17,19-22H,3-11,13-16,18H2,1-2H3/b17-12+. The summed E-state index contributed by atoms with van der Waals surface area (Å²) in [4.78, 5) is 11.7. The molecule has 0 aromatic carbocycles. The van der Waals surface area contributed by atoms with Crippen molar-refractivity contribution in [3.05, 3.63) is 12.2 Å². The zero-order chi connectivity index (χ0) is 17.9. The van der Waals surface area contributed by atoms with Crippen molar-refractivity contribution in [3.63, 3.8) is 0 Å². The lowest BCUT2D eigenvalue weighted by atomic mass is 9.69. The van der Waals surface area contributed by atoms with Crippen molar-refractivity contribution in [2.24, 2.45) is 23.7 Å². The van der Waals surface area contributed by atoms with E-state index in [1.807, 2.05) is 0 Å². The average molecular weight is 349 g/mol. The lowest BCUT2D eigenvalue weighted by Gasteiger charge is -2.37. The van der Waals surface area contributed by atoms with E-state index in [2.05, 4.69) is 19.9 Å². The van der Waals surface area contributed by atoms with Crippen LogP contribution in [0.15, 0.2) is 12.2 Å². The monoisotopic (exact) mass is 348 g/mol. The molecule has 2 aliphatic carbocycles. The maximum Gasteiger partial charge on any atom is 0.330 e. The molecule has 0 aliphatic heterocycles. The molecule has 144 valence electrons. The van der Waals surface area contributed by atoms with Crippen LogP contribution in [0.2, 0.25) is 0 Å². The van der Waals surface area contributed by atoms with Crippen molar-refractivity contribution in [1.82, 2.24) is 0 Å². The quantitative estimate of drug-likeness (QED) is 0.263. The predicted octanol–water partition coefficient (Wildman–Crippen LogP) is 6.69. The Morgan fingerprint density at radius 3 is 2.12 bits per heavy atom. The van der Waals surface area contributed by atoms with Gasteiger partial charge >= 0.3 is 5.97 Å². The molecule has 0 saturated heterocycles. The summed E-state index contributed by atoms with van der Waals surface area (Å²) in [7, 11) is 0. The summed E-state index contributed by atoms with van der Waals surface area (Å²) in [6, 6.07) is 0. The SMILES string of the molecule is CCCCCOC(=O)/C=C/C1CCC(C2CCC(CCC)CC2)CC1. The number of carbonyl (C=O) groups is 1. The third kappa shape index (κ3) is 7.54. The molecule has 2 fully saturated rings. The number of hydrogen-bond acceptors (Lipinski definition) is 2. The Bertz CT molecular complexity index is 385. The molecule has 0 aromatic heterocycles. The molecule has 2 nitrogen and oxygen atoms in total. The van der Waals surface area contributed by atoms with E-state index in [0.29, 0.717) is 12.5 Å². The second-order valence-electron chi connectivity index (χ2n) is 8.48. The van der Waals surface area contributed by atoms with Crippen LogP contribution in [0.1, 0.15) is 97.3 Å². The highest BCUT2D eigenvalue weighted by Crippen LogP contribution is 2.42. The largest absolute Gasteiger partial charge is 0.463 e. The third-order valence-electron chi connectivity index (χ3n) is 6.57. The molecule has 0 amide bonds. The number of allylic oxidation sites excluding steroid dienone is 1. The van der Waals surface area contributed by atoms with Crippen LogP contribution in [0.4, 0.5) is 0 Å². The summed E-state index contributed by atoms with van der Waals surface area (Å²) in [6.07, 6.45) is 21.0. The van der Waals surface area contributed by atoms with E-state index in [9.17, 15) is 4.79 Å². The first-order valence-electron chi connectivity index (χ1n) is 11.1. The van der Waals surface area contributed by atoms with E-state index in [4.69, 9.17) is 4.74 Å². The van der Waals surface area contributed by atoms with E-state index in [1.54, 1.807) is 6.08 Å². The summed E-state index contributed by atoms with van der Waals surface area (Å²) >= 11 is 0. The molecule has 0 bridgehead atoms. The molecule has 0 spiro atoms. The zero-order valence-electron chi connectivity index (χ0n) is 16.7. The van der Waals surface area contributed by atoms with Gasteiger partial charge in [-0.2, -0.15) is 0 Å². The molecular weight excluding hydrogens is 308 g/mol. The fraction of sp³-hybridized carbons (Fsp3) is 0.870. The highest BCUT2D eigenvalue weighted by Gasteiger charge is 2.30. The molecule has 0 radical (unpaired) electrons. The molecule has 0 unspecified atom stereocenters. The van der Waals surface area contributed by atoms with Crippen LogP contribution < -0.4 is 0 Å². The number of hydrogen-bond donors (Lipinski definition) is 0. The molecule has 0 heterocycles. The smallest absolute Gasteiger partial charge is 0.330 e. The zero-order valence-corrected chi connectivity index (χ0v) is 16.7. The maximum atomic E-state index is 11.7. The molecule has 0 atom stereocenters. The number of carbonyl (C=O) groups excluding carboxylic acids is 1. The van der Waals surface area contributed by atoms with Crippen molar-refractivity contribution in [3.8, 4) is 0 Å². The Morgan fingerprint density at radius 1 is 0.880 bits per heavy atom. The van der Waals surface area contributed by atoms with E-state index < -0.39 is 0 Å². The van der Waals surface area contributed by atoms with Gasteiger partial charge in [0.2, 0.25) is 0 Å². The Hall–Kier alpha value is -0.790. The van der Waals surface area contributed by atoms with Gasteiger partial charge < -0.3 is 4.74 Å². The first kappa shape index (κ1) is 20.5. The Balaban J connectivity index is 1.61. The minimum atomic E-state index is -0.146. The van der Waals surface area contributed by atoms with Crippen LogP contribution in [0.3, 0.4) is 0 Å². The number of ether oxygens (including phenoxy) is 1. The van der Waals surface area contributed by atoms with Gasteiger partial charge in [0.15, 0.2) is 0 Å². The Labute approximate surface area is 155 Å². The lowest BCUT2D eigenvalue weighted by Crippen LogP contribution is -2.25. The first-order chi connectivity index (χ1) is 12.2. The van der Waals surface area contributed by atoms with Crippen LogP contribution >= 0.6 is 0 Å². The molecule has 0 aromatic rings. The molecule has 2 heteroatoms. The van der Waals surface area contributed by atoms with Gasteiger partial charge in [-0.1, -0.05) is 58.4 Å². The van der Waals surface area contributed by atoms with Gasteiger partial charge in [0.05, 0.1) is 6.61 Å². The molecule has 0 N–H and O–H groups in total. The summed E-state index contributed by atoms with van der Waals surface area (Å²) in [5.74, 6) is 3.40. The van der Waals surface area contributed by atoms with Crippen molar-refractivity contribution in [1.29, 1.82) is 0 Å². The minimum absolute atomic E-state index is 0.146. The maximum absolute atomic E-state index is 11.7. The van der Waals surface area contributed by atoms with Gasteiger partial charge in [-0.05, 0) is 68.6 Å². The molecular formula is C23H40O2. The van der Waals surface area contributed by atoms with Crippen molar-refractivity contribution in [2.45, 2.75) is 97.3 Å². The summed E-state index contributed by atoms with van der Waals surface area (Å²) in [5, 5.41) is 0. The lowest BCUT2D eigenvalue weighted by molar-refractivity contribution is -0.137. The summed E-state index contributed by atoms with van der Waals surface area (Å²) in [5.41, 5.74) is 0. The van der Waals surface area contributed by atoms with Gasteiger partial charge in [0, 0.05) is 6.08 Å². The van der Waals surface area contributed by atoms with Crippen molar-refractivity contribution in [2.75, 3.05) is 6.61 Å². The second-order valence-corrected chi connectivity index (χ2v) is 8.48. The van der Waals surface area contributed by atoms with E-state index in [-0.39, 0.29) is 5.97 Å². The van der Waals surface area contributed by atoms with Gasteiger partial charge in [0.1, 0.15) is 0 Å². The van der Waals surface area contributed by atoms with Crippen LogP contribution in [0.5, 0.6) is 0 Å². The van der Waals surface area contributed by atoms with Crippen LogP contribution in [-0.2, 0) is 9.53 Å². The number of rotatable bonds is 9. The Kier molecular flexibility index (Phi) is 9.65. The molecule has 2 saturated carbocycles. The van der Waals surface area contributed by atoms with Crippen molar-refractivity contribution >= 4 is 5.97 Å². The van der Waals surface area contributed by atoms with E-state index in [1.165, 1.54) is 64.2 Å². The third-order valence-corrected chi connectivity index (χ3v) is 6.57. The van der Waals surface area contributed by atoms with Crippen LogP contribution in [-0.4, -0.2) is 12.6 Å². The summed E-state index contributed by atoms with van der Waals surface area (Å²) < 4.78 is 5.26. The van der Waals surface area contributed by atoms with Gasteiger partial charge in [-0.15, -0.1) is 0 Å². The second kappa shape index (κ2) is 11.8. The highest BCUT2D eigenvalue weighted by molar-refractivity contribution is 5.81. The topological polar surface area (TPSA) is 26.3 Å². The fourth-order valence-electron chi connectivity index (χ4n) is 4.95. The minimum Gasteiger partial charge on any atom is -0.463 e. The number of unbranched alkanes of at least 4 members (excludes halogenated alkanes) is 2. The van der Waals surface area contributed by atoms with Crippen molar-refractivity contribution < 1.29 is 9.53 Å². The number of esters is 1. The van der Waals surface area contributed by atoms with E-state index in [0.717, 1.165) is 37.0 Å². The average Bonchev–Trinajstić information content (AvgIpc) is 2.65. The predicted molar refractivity (Wildman–Crippen MR) is 105 cm³/mol. The molecule has 25 heavy (non-hydrogen) atoms. The Morgan fingerprint density at radius 2 is 1.52 bits per heavy atom.